The van der Waals surface area contributed by atoms with E-state index in [4.69, 9.17) is 0 Å². The Labute approximate surface area is 115 Å². The van der Waals surface area contributed by atoms with E-state index in [1.807, 2.05) is 13.0 Å². The molecule has 1 aromatic rings. The van der Waals surface area contributed by atoms with E-state index in [0.717, 1.165) is 18.7 Å². The van der Waals surface area contributed by atoms with Crippen LogP contribution in [-0.2, 0) is 0 Å². The third-order valence-electron chi connectivity index (χ3n) is 3.37. The van der Waals surface area contributed by atoms with Crippen LogP contribution < -0.4 is 5.32 Å². The number of hydrogen-bond donors (Lipinski definition) is 2. The average Bonchev–Trinajstić information content (AvgIpc) is 2.42. The monoisotopic (exact) mass is 268 g/mol. The van der Waals surface area contributed by atoms with E-state index in [9.17, 15) is 9.50 Å². The minimum Gasteiger partial charge on any atom is -0.390 e. The van der Waals surface area contributed by atoms with Crippen LogP contribution >= 0.6 is 0 Å². The van der Waals surface area contributed by atoms with Gasteiger partial charge in [-0.05, 0) is 37.7 Å². The number of nitrogens with one attached hydrogen (secondary N) is 1. The van der Waals surface area contributed by atoms with Crippen LogP contribution in [0.5, 0.6) is 0 Å². The van der Waals surface area contributed by atoms with E-state index in [-0.39, 0.29) is 11.9 Å². The molecule has 0 bridgehead atoms. The quantitative estimate of drug-likeness (QED) is 0.758. The van der Waals surface area contributed by atoms with Crippen LogP contribution in [0.15, 0.2) is 24.3 Å². The summed E-state index contributed by atoms with van der Waals surface area (Å²) in [6, 6.07) is 6.58. The summed E-state index contributed by atoms with van der Waals surface area (Å²) in [4.78, 5) is 2.18. The maximum absolute atomic E-state index is 13.1. The molecule has 0 aliphatic rings. The molecule has 108 valence electrons. The SMILES string of the molecule is CCN(CC)CC(O)CN[C@@H](C)c1cccc(F)c1. The first-order chi connectivity index (χ1) is 9.06. The van der Waals surface area contributed by atoms with Gasteiger partial charge >= 0.3 is 0 Å². The molecule has 2 N–H and O–H groups in total. The highest BCUT2D eigenvalue weighted by molar-refractivity contribution is 5.19. The highest BCUT2D eigenvalue weighted by Crippen LogP contribution is 2.13. The molecular formula is C15H25FN2O. The fourth-order valence-electron chi connectivity index (χ4n) is 2.05. The van der Waals surface area contributed by atoms with Gasteiger partial charge in [-0.3, -0.25) is 0 Å². The van der Waals surface area contributed by atoms with Gasteiger partial charge in [0.2, 0.25) is 0 Å². The molecule has 0 spiro atoms. The molecular weight excluding hydrogens is 243 g/mol. The van der Waals surface area contributed by atoms with Crippen molar-refractivity contribution >= 4 is 0 Å². The van der Waals surface area contributed by atoms with Crippen LogP contribution in [0.25, 0.3) is 0 Å². The molecule has 2 atom stereocenters. The molecule has 0 saturated carbocycles. The predicted octanol–water partition coefficient (Wildman–Crippen LogP) is 2.18. The molecule has 0 aromatic heterocycles. The number of benzene rings is 1. The standard InChI is InChI=1S/C15H25FN2O/c1-4-18(5-2)11-15(19)10-17-12(3)13-7-6-8-14(16)9-13/h6-9,12,15,17,19H,4-5,10-11H2,1-3H3/t12-,15?/m0/s1. The Kier molecular flexibility index (Phi) is 6.99. The zero-order chi connectivity index (χ0) is 14.3. The fourth-order valence-corrected chi connectivity index (χ4v) is 2.05. The van der Waals surface area contributed by atoms with Crippen molar-refractivity contribution in [2.75, 3.05) is 26.2 Å². The lowest BCUT2D eigenvalue weighted by Gasteiger charge is -2.23. The third kappa shape index (κ3) is 5.68. The molecule has 0 radical (unpaired) electrons. The second-order valence-electron chi connectivity index (χ2n) is 4.82. The summed E-state index contributed by atoms with van der Waals surface area (Å²) in [6.45, 7) is 9.18. The van der Waals surface area contributed by atoms with Crippen LogP contribution in [0.4, 0.5) is 4.39 Å². The van der Waals surface area contributed by atoms with Crippen molar-refractivity contribution in [1.82, 2.24) is 10.2 Å². The van der Waals surface area contributed by atoms with Crippen molar-refractivity contribution in [2.45, 2.75) is 32.9 Å². The minimum atomic E-state index is -0.407. The smallest absolute Gasteiger partial charge is 0.123 e. The maximum atomic E-state index is 13.1. The van der Waals surface area contributed by atoms with Gasteiger partial charge in [-0.15, -0.1) is 0 Å². The number of rotatable bonds is 8. The van der Waals surface area contributed by atoms with Crippen molar-refractivity contribution in [3.8, 4) is 0 Å². The third-order valence-corrected chi connectivity index (χ3v) is 3.37. The Bertz CT molecular complexity index is 369. The topological polar surface area (TPSA) is 35.5 Å². The molecule has 0 aliphatic carbocycles. The Hall–Kier alpha value is -0.970. The highest BCUT2D eigenvalue weighted by atomic mass is 19.1. The minimum absolute atomic E-state index is 0.0297. The molecule has 0 saturated heterocycles. The zero-order valence-corrected chi connectivity index (χ0v) is 12.1. The normalized spacial score (nSPS) is 14.6. The van der Waals surface area contributed by atoms with Crippen LogP contribution in [-0.4, -0.2) is 42.3 Å². The summed E-state index contributed by atoms with van der Waals surface area (Å²) in [6.07, 6.45) is -0.407. The van der Waals surface area contributed by atoms with Gasteiger partial charge in [0.1, 0.15) is 5.82 Å². The summed E-state index contributed by atoms with van der Waals surface area (Å²) < 4.78 is 13.1. The van der Waals surface area contributed by atoms with Crippen molar-refractivity contribution < 1.29 is 9.50 Å². The van der Waals surface area contributed by atoms with Gasteiger partial charge in [0.15, 0.2) is 0 Å². The van der Waals surface area contributed by atoms with E-state index in [2.05, 4.69) is 24.1 Å². The number of halogens is 1. The number of aliphatic hydroxyl groups excluding tert-OH is 1. The Morgan fingerprint density at radius 1 is 1.32 bits per heavy atom. The van der Waals surface area contributed by atoms with Gasteiger partial charge in [-0.25, -0.2) is 4.39 Å². The van der Waals surface area contributed by atoms with Crippen molar-refractivity contribution in [1.29, 1.82) is 0 Å². The van der Waals surface area contributed by atoms with Gasteiger partial charge in [0.05, 0.1) is 6.10 Å². The van der Waals surface area contributed by atoms with Gasteiger partial charge < -0.3 is 15.3 Å². The second-order valence-corrected chi connectivity index (χ2v) is 4.82. The second kappa shape index (κ2) is 8.25. The van der Waals surface area contributed by atoms with E-state index in [1.54, 1.807) is 6.07 Å². The maximum Gasteiger partial charge on any atom is 0.123 e. The molecule has 3 nitrogen and oxygen atoms in total. The highest BCUT2D eigenvalue weighted by Gasteiger charge is 2.11. The summed E-state index contributed by atoms with van der Waals surface area (Å²) >= 11 is 0. The molecule has 0 fully saturated rings. The van der Waals surface area contributed by atoms with Crippen LogP contribution in [0, 0.1) is 5.82 Å². The summed E-state index contributed by atoms with van der Waals surface area (Å²) in [5.41, 5.74) is 0.898. The first-order valence-corrected chi connectivity index (χ1v) is 6.96. The first kappa shape index (κ1) is 16.1. The fraction of sp³-hybridized carbons (Fsp3) is 0.600. The lowest BCUT2D eigenvalue weighted by molar-refractivity contribution is 0.114. The van der Waals surface area contributed by atoms with Crippen molar-refractivity contribution in [2.24, 2.45) is 0 Å². The van der Waals surface area contributed by atoms with Crippen LogP contribution in [0.2, 0.25) is 0 Å². The Morgan fingerprint density at radius 2 is 2.00 bits per heavy atom. The molecule has 0 heterocycles. The van der Waals surface area contributed by atoms with Gasteiger partial charge in [-0.1, -0.05) is 26.0 Å². The van der Waals surface area contributed by atoms with E-state index in [0.29, 0.717) is 13.1 Å². The summed E-state index contributed by atoms with van der Waals surface area (Å²) in [5.74, 6) is -0.227. The number of likely N-dealkylation sites (N-methyl/N-ethyl adjacent to an activating group) is 1. The lowest BCUT2D eigenvalue weighted by atomic mass is 10.1. The average molecular weight is 268 g/mol. The largest absolute Gasteiger partial charge is 0.390 e. The Morgan fingerprint density at radius 3 is 2.58 bits per heavy atom. The summed E-state index contributed by atoms with van der Waals surface area (Å²) in [5, 5.41) is 13.2. The molecule has 4 heteroatoms. The molecule has 1 aromatic carbocycles. The van der Waals surface area contributed by atoms with E-state index >= 15 is 0 Å². The Balaban J connectivity index is 2.39. The first-order valence-electron chi connectivity index (χ1n) is 6.96. The molecule has 1 unspecified atom stereocenters. The van der Waals surface area contributed by atoms with Gasteiger partial charge in [0, 0.05) is 19.1 Å². The molecule has 1 rings (SSSR count). The van der Waals surface area contributed by atoms with Crippen molar-refractivity contribution in [3.63, 3.8) is 0 Å². The summed E-state index contributed by atoms with van der Waals surface area (Å²) in [7, 11) is 0. The van der Waals surface area contributed by atoms with Gasteiger partial charge in [0.25, 0.3) is 0 Å². The predicted molar refractivity (Wildman–Crippen MR) is 76.6 cm³/mol. The van der Waals surface area contributed by atoms with Crippen molar-refractivity contribution in [3.05, 3.63) is 35.6 Å². The lowest BCUT2D eigenvalue weighted by Crippen LogP contribution is -2.38. The zero-order valence-electron chi connectivity index (χ0n) is 12.1. The number of aliphatic hydroxyl groups is 1. The number of hydrogen-bond acceptors (Lipinski definition) is 3. The van der Waals surface area contributed by atoms with Gasteiger partial charge in [-0.2, -0.15) is 0 Å². The van der Waals surface area contributed by atoms with Crippen LogP contribution in [0.3, 0.4) is 0 Å². The molecule has 0 aliphatic heterocycles. The van der Waals surface area contributed by atoms with E-state index < -0.39 is 6.10 Å². The van der Waals surface area contributed by atoms with E-state index in [1.165, 1.54) is 12.1 Å². The molecule has 19 heavy (non-hydrogen) atoms. The van der Waals surface area contributed by atoms with Crippen LogP contribution in [0.1, 0.15) is 32.4 Å². The number of nitrogens with zero attached hydrogens (tertiary/aromatic N) is 1. The molecule has 0 amide bonds.